The van der Waals surface area contributed by atoms with Gasteiger partial charge in [0.25, 0.3) is 0 Å². The fourth-order valence-electron chi connectivity index (χ4n) is 1.56. The Morgan fingerprint density at radius 2 is 2.06 bits per heavy atom. The summed E-state index contributed by atoms with van der Waals surface area (Å²) in [6.45, 7) is 1.94. The Morgan fingerprint density at radius 3 is 2.65 bits per heavy atom. The first-order valence-electron chi connectivity index (χ1n) is 5.13. The lowest BCUT2D eigenvalue weighted by Crippen LogP contribution is -1.99. The number of rotatable bonds is 2. The number of anilines is 1. The van der Waals surface area contributed by atoms with Crippen LogP contribution in [0.15, 0.2) is 36.5 Å². The average Bonchev–Trinajstić information content (AvgIpc) is 2.29. The molecule has 1 aromatic carbocycles. The quantitative estimate of drug-likeness (QED) is 0.773. The van der Waals surface area contributed by atoms with E-state index < -0.39 is 5.97 Å². The molecule has 0 fully saturated rings. The van der Waals surface area contributed by atoms with Gasteiger partial charge in [-0.1, -0.05) is 6.07 Å². The van der Waals surface area contributed by atoms with E-state index in [1.807, 2.05) is 19.1 Å². The van der Waals surface area contributed by atoms with Crippen LogP contribution in [-0.4, -0.2) is 16.1 Å². The molecule has 0 unspecified atom stereocenters. The van der Waals surface area contributed by atoms with Gasteiger partial charge in [0.15, 0.2) is 0 Å². The third-order valence-electron chi connectivity index (χ3n) is 2.41. The Morgan fingerprint density at radius 1 is 1.29 bits per heavy atom. The van der Waals surface area contributed by atoms with Gasteiger partial charge < -0.3 is 10.8 Å². The van der Waals surface area contributed by atoms with E-state index >= 15 is 0 Å². The molecule has 17 heavy (non-hydrogen) atoms. The summed E-state index contributed by atoms with van der Waals surface area (Å²) in [4.78, 5) is 15.2. The van der Waals surface area contributed by atoms with Crippen molar-refractivity contribution < 1.29 is 9.90 Å². The third-order valence-corrected chi connectivity index (χ3v) is 2.41. The predicted octanol–water partition coefficient (Wildman–Crippen LogP) is 2.34. The second-order valence-corrected chi connectivity index (χ2v) is 3.87. The van der Waals surface area contributed by atoms with Crippen molar-refractivity contribution in [3.63, 3.8) is 0 Å². The molecule has 0 radical (unpaired) electrons. The van der Waals surface area contributed by atoms with Crippen LogP contribution in [-0.2, 0) is 0 Å². The van der Waals surface area contributed by atoms with E-state index in [0.29, 0.717) is 16.9 Å². The van der Waals surface area contributed by atoms with Crippen LogP contribution in [0.1, 0.15) is 15.9 Å². The van der Waals surface area contributed by atoms with Crippen molar-refractivity contribution in [2.75, 3.05) is 5.73 Å². The van der Waals surface area contributed by atoms with Crippen LogP contribution in [0.3, 0.4) is 0 Å². The van der Waals surface area contributed by atoms with Crippen molar-refractivity contribution in [3.05, 3.63) is 47.7 Å². The molecule has 4 nitrogen and oxygen atoms in total. The molecule has 0 bridgehead atoms. The van der Waals surface area contributed by atoms with Gasteiger partial charge >= 0.3 is 5.97 Å². The first kappa shape index (κ1) is 11.1. The Balaban J connectivity index is 2.51. The van der Waals surface area contributed by atoms with E-state index in [1.54, 1.807) is 18.3 Å². The number of hydrogen-bond acceptors (Lipinski definition) is 3. The molecule has 0 saturated heterocycles. The van der Waals surface area contributed by atoms with Crippen molar-refractivity contribution in [2.24, 2.45) is 0 Å². The van der Waals surface area contributed by atoms with E-state index in [4.69, 9.17) is 10.8 Å². The number of nitrogens with zero attached hydrogens (tertiary/aromatic N) is 1. The summed E-state index contributed by atoms with van der Waals surface area (Å²) in [6, 6.07) is 8.47. The number of aromatic nitrogens is 1. The second-order valence-electron chi connectivity index (χ2n) is 3.87. The van der Waals surface area contributed by atoms with Gasteiger partial charge in [-0.25, -0.2) is 4.79 Å². The number of benzene rings is 1. The number of aryl methyl sites for hydroxylation is 1. The maximum atomic E-state index is 10.9. The zero-order valence-electron chi connectivity index (χ0n) is 9.34. The normalized spacial score (nSPS) is 10.2. The Labute approximate surface area is 98.7 Å². The smallest absolute Gasteiger partial charge is 0.335 e. The van der Waals surface area contributed by atoms with Crippen LogP contribution in [0.2, 0.25) is 0 Å². The van der Waals surface area contributed by atoms with Crippen molar-refractivity contribution in [1.29, 1.82) is 0 Å². The van der Waals surface area contributed by atoms with E-state index in [0.717, 1.165) is 5.56 Å². The fourth-order valence-corrected chi connectivity index (χ4v) is 1.56. The average molecular weight is 228 g/mol. The highest BCUT2D eigenvalue weighted by Gasteiger charge is 2.07. The molecule has 3 N–H and O–H groups in total. The lowest BCUT2D eigenvalue weighted by atomic mass is 10.1. The first-order chi connectivity index (χ1) is 8.06. The molecule has 0 atom stereocenters. The number of carbonyl (C=O) groups is 1. The highest BCUT2D eigenvalue weighted by Crippen LogP contribution is 2.22. The maximum absolute atomic E-state index is 10.9. The molecule has 1 heterocycles. The van der Waals surface area contributed by atoms with Gasteiger partial charge in [-0.2, -0.15) is 0 Å². The van der Waals surface area contributed by atoms with Crippen molar-refractivity contribution in [1.82, 2.24) is 4.98 Å². The van der Waals surface area contributed by atoms with Gasteiger partial charge in [-0.05, 0) is 36.8 Å². The van der Waals surface area contributed by atoms with Crippen LogP contribution < -0.4 is 5.73 Å². The lowest BCUT2D eigenvalue weighted by Gasteiger charge is -2.04. The van der Waals surface area contributed by atoms with E-state index in [9.17, 15) is 4.79 Å². The summed E-state index contributed by atoms with van der Waals surface area (Å²) >= 11 is 0. The summed E-state index contributed by atoms with van der Waals surface area (Å²) < 4.78 is 0. The highest BCUT2D eigenvalue weighted by atomic mass is 16.4. The van der Waals surface area contributed by atoms with E-state index in [-0.39, 0.29) is 5.56 Å². The minimum Gasteiger partial charge on any atom is -0.478 e. The minimum atomic E-state index is -0.995. The summed E-state index contributed by atoms with van der Waals surface area (Å²) in [5, 5.41) is 8.95. The Kier molecular flexibility index (Phi) is 2.78. The third kappa shape index (κ3) is 2.42. The lowest BCUT2D eigenvalue weighted by molar-refractivity contribution is 0.0697. The second kappa shape index (κ2) is 4.25. The van der Waals surface area contributed by atoms with Gasteiger partial charge in [-0.15, -0.1) is 0 Å². The van der Waals surface area contributed by atoms with Crippen LogP contribution in [0, 0.1) is 6.92 Å². The molecular formula is C13H12N2O2. The number of nitrogens with two attached hydrogens (primary N) is 1. The fraction of sp³-hybridized carbons (Fsp3) is 0.0769. The van der Waals surface area contributed by atoms with Gasteiger partial charge in [0, 0.05) is 17.4 Å². The molecule has 2 aromatic rings. The molecular weight excluding hydrogens is 216 g/mol. The van der Waals surface area contributed by atoms with Crippen LogP contribution >= 0.6 is 0 Å². The molecule has 0 aliphatic rings. The monoisotopic (exact) mass is 228 g/mol. The molecule has 1 aromatic heterocycles. The summed E-state index contributed by atoms with van der Waals surface area (Å²) in [6.07, 6.45) is 1.74. The summed E-state index contributed by atoms with van der Waals surface area (Å²) in [5.74, 6) is -0.995. The molecule has 4 heteroatoms. The van der Waals surface area contributed by atoms with E-state index in [2.05, 4.69) is 4.98 Å². The Hall–Kier alpha value is -2.36. The molecule has 0 aliphatic heterocycles. The predicted molar refractivity (Wildman–Crippen MR) is 65.8 cm³/mol. The van der Waals surface area contributed by atoms with Gasteiger partial charge in [0.1, 0.15) is 0 Å². The zero-order chi connectivity index (χ0) is 12.4. The van der Waals surface area contributed by atoms with Crippen LogP contribution in [0.25, 0.3) is 11.3 Å². The molecule has 0 aliphatic carbocycles. The SMILES string of the molecule is Cc1ccc(-c2cc(N)cc(C(=O)O)c2)nc1. The van der Waals surface area contributed by atoms with Gasteiger partial charge in [-0.3, -0.25) is 4.98 Å². The number of carboxylic acid groups (broad SMARTS) is 1. The van der Waals surface area contributed by atoms with Crippen molar-refractivity contribution in [3.8, 4) is 11.3 Å². The topological polar surface area (TPSA) is 76.2 Å². The molecule has 86 valence electrons. The van der Waals surface area contributed by atoms with E-state index in [1.165, 1.54) is 6.07 Å². The van der Waals surface area contributed by atoms with Crippen molar-refractivity contribution in [2.45, 2.75) is 6.92 Å². The summed E-state index contributed by atoms with van der Waals surface area (Å²) in [7, 11) is 0. The largest absolute Gasteiger partial charge is 0.478 e. The highest BCUT2D eigenvalue weighted by molar-refractivity contribution is 5.90. The number of hydrogen-bond donors (Lipinski definition) is 2. The number of aromatic carboxylic acids is 1. The minimum absolute atomic E-state index is 0.169. The molecule has 0 amide bonds. The van der Waals surface area contributed by atoms with Crippen LogP contribution in [0.4, 0.5) is 5.69 Å². The summed E-state index contributed by atoms with van der Waals surface area (Å²) in [5.41, 5.74) is 8.74. The Bertz CT molecular complexity index is 562. The maximum Gasteiger partial charge on any atom is 0.335 e. The standard InChI is InChI=1S/C13H12N2O2/c1-8-2-3-12(15-7-8)9-4-10(13(16)17)6-11(14)5-9/h2-7H,14H2,1H3,(H,16,17). The molecule has 0 spiro atoms. The zero-order valence-corrected chi connectivity index (χ0v) is 9.34. The van der Waals surface area contributed by atoms with Crippen LogP contribution in [0.5, 0.6) is 0 Å². The first-order valence-corrected chi connectivity index (χ1v) is 5.13. The number of nitrogen functional groups attached to an aromatic ring is 1. The molecule has 0 saturated carbocycles. The molecule has 2 rings (SSSR count). The number of carboxylic acids is 1. The van der Waals surface area contributed by atoms with Gasteiger partial charge in [0.05, 0.1) is 11.3 Å². The number of pyridine rings is 1. The van der Waals surface area contributed by atoms with Gasteiger partial charge in [0.2, 0.25) is 0 Å². The van der Waals surface area contributed by atoms with Crippen molar-refractivity contribution >= 4 is 11.7 Å².